The fourth-order valence-electron chi connectivity index (χ4n) is 3.54. The molecule has 3 aromatic carbocycles. The van der Waals surface area contributed by atoms with Gasteiger partial charge in [-0.15, -0.1) is 0 Å². The Labute approximate surface area is 197 Å². The van der Waals surface area contributed by atoms with E-state index < -0.39 is 15.9 Å². The van der Waals surface area contributed by atoms with Crippen molar-refractivity contribution in [3.63, 3.8) is 0 Å². The number of carbonyl (C=O) groups is 1. The molecule has 0 atom stereocenters. The third-order valence-corrected chi connectivity index (χ3v) is 7.31. The van der Waals surface area contributed by atoms with Gasteiger partial charge < -0.3 is 9.73 Å². The summed E-state index contributed by atoms with van der Waals surface area (Å²) < 4.78 is 32.7. The molecule has 4 rings (SSSR count). The van der Waals surface area contributed by atoms with Gasteiger partial charge in [-0.05, 0) is 53.9 Å². The molecular weight excluding hydrogens is 452 g/mol. The van der Waals surface area contributed by atoms with Gasteiger partial charge in [0.1, 0.15) is 5.58 Å². The van der Waals surface area contributed by atoms with Crippen LogP contribution in [0.5, 0.6) is 0 Å². The molecule has 8 heteroatoms. The number of carbonyl (C=O) groups excluding carboxylic acids is 1. The summed E-state index contributed by atoms with van der Waals surface area (Å²) in [6.45, 7) is 2.23. The van der Waals surface area contributed by atoms with E-state index >= 15 is 0 Å². The van der Waals surface area contributed by atoms with Crippen molar-refractivity contribution in [2.45, 2.75) is 24.8 Å². The highest BCUT2D eigenvalue weighted by Crippen LogP contribution is 2.20. The zero-order valence-electron chi connectivity index (χ0n) is 18.8. The Hall–Kier alpha value is -3.75. The van der Waals surface area contributed by atoms with E-state index in [4.69, 9.17) is 4.42 Å². The molecule has 0 aliphatic carbocycles. The number of amides is 1. The number of hydrogen-bond acceptors (Lipinski definition) is 5. The maximum atomic E-state index is 12.9. The monoisotopic (exact) mass is 476 g/mol. The van der Waals surface area contributed by atoms with E-state index in [0.717, 1.165) is 23.6 Å². The minimum absolute atomic E-state index is 0.105. The van der Waals surface area contributed by atoms with Crippen molar-refractivity contribution in [2.24, 2.45) is 0 Å². The maximum absolute atomic E-state index is 12.9. The van der Waals surface area contributed by atoms with E-state index in [1.54, 1.807) is 12.1 Å². The van der Waals surface area contributed by atoms with Gasteiger partial charge in [0.25, 0.3) is 5.91 Å². The SMILES string of the molecule is CCc1ccc2oc(C(=O)Nc3ccc(S(=O)(=O)N(C)Cc4ccccc4)cc3)cc(=O)c2c1. The van der Waals surface area contributed by atoms with Gasteiger partial charge in [0.05, 0.1) is 10.3 Å². The smallest absolute Gasteiger partial charge is 0.291 e. The second-order valence-electron chi connectivity index (χ2n) is 7.88. The molecule has 0 saturated carbocycles. The average Bonchev–Trinajstić information content (AvgIpc) is 2.84. The van der Waals surface area contributed by atoms with Crippen LogP contribution in [0.25, 0.3) is 11.0 Å². The molecule has 0 aliphatic heterocycles. The van der Waals surface area contributed by atoms with E-state index in [1.165, 1.54) is 35.6 Å². The van der Waals surface area contributed by atoms with Crippen molar-refractivity contribution in [1.29, 1.82) is 0 Å². The summed E-state index contributed by atoms with van der Waals surface area (Å²) in [5.41, 5.74) is 2.28. The number of anilines is 1. The Morgan fingerprint density at radius 3 is 2.32 bits per heavy atom. The predicted molar refractivity (Wildman–Crippen MR) is 131 cm³/mol. The van der Waals surface area contributed by atoms with Crippen LogP contribution in [0.4, 0.5) is 5.69 Å². The molecule has 0 saturated heterocycles. The summed E-state index contributed by atoms with van der Waals surface area (Å²) in [5.74, 6) is -0.726. The van der Waals surface area contributed by atoms with Crippen LogP contribution in [-0.2, 0) is 23.0 Å². The standard InChI is InChI=1S/C26H24N2O5S/c1-3-18-9-14-24-22(15-18)23(29)16-25(33-24)26(30)27-20-10-12-21(13-11-20)34(31,32)28(2)17-19-7-5-4-6-8-19/h4-16H,3,17H2,1-2H3,(H,27,30). The first-order valence-corrected chi connectivity index (χ1v) is 12.2. The fourth-order valence-corrected chi connectivity index (χ4v) is 4.70. The Kier molecular flexibility index (Phi) is 6.63. The topological polar surface area (TPSA) is 96.7 Å². The van der Waals surface area contributed by atoms with E-state index in [-0.39, 0.29) is 22.6 Å². The summed E-state index contributed by atoms with van der Waals surface area (Å²) in [6, 6.07) is 21.6. The first kappa shape index (κ1) is 23.4. The van der Waals surface area contributed by atoms with Gasteiger partial charge in [-0.1, -0.05) is 43.3 Å². The van der Waals surface area contributed by atoms with Gasteiger partial charge in [0.15, 0.2) is 11.2 Å². The first-order chi connectivity index (χ1) is 16.3. The number of benzene rings is 3. The number of sulfonamides is 1. The molecule has 7 nitrogen and oxygen atoms in total. The molecule has 1 amide bonds. The molecule has 1 heterocycles. The number of nitrogens with zero attached hydrogens (tertiary/aromatic N) is 1. The van der Waals surface area contributed by atoms with Gasteiger partial charge >= 0.3 is 0 Å². The van der Waals surface area contributed by atoms with Crippen LogP contribution < -0.4 is 10.7 Å². The molecule has 0 fully saturated rings. The van der Waals surface area contributed by atoms with E-state index in [0.29, 0.717) is 16.7 Å². The lowest BCUT2D eigenvalue weighted by molar-refractivity contribution is 0.0997. The zero-order chi connectivity index (χ0) is 24.3. The number of fused-ring (bicyclic) bond motifs is 1. The molecule has 0 unspecified atom stereocenters. The molecule has 174 valence electrons. The highest BCUT2D eigenvalue weighted by molar-refractivity contribution is 7.89. The quantitative estimate of drug-likeness (QED) is 0.426. The number of aryl methyl sites for hydroxylation is 1. The second-order valence-corrected chi connectivity index (χ2v) is 9.93. The predicted octanol–water partition coefficient (Wildman–Crippen LogP) is 4.43. The maximum Gasteiger partial charge on any atom is 0.291 e. The third kappa shape index (κ3) is 4.93. The molecular formula is C26H24N2O5S. The lowest BCUT2D eigenvalue weighted by Crippen LogP contribution is -2.26. The highest BCUT2D eigenvalue weighted by atomic mass is 32.2. The van der Waals surface area contributed by atoms with Crippen LogP contribution in [0.3, 0.4) is 0 Å². The molecule has 0 radical (unpaired) electrons. The average molecular weight is 477 g/mol. The number of nitrogens with one attached hydrogen (secondary N) is 1. The van der Waals surface area contributed by atoms with Gasteiger partial charge in [-0.3, -0.25) is 9.59 Å². The van der Waals surface area contributed by atoms with Crippen molar-refractivity contribution in [1.82, 2.24) is 4.31 Å². The van der Waals surface area contributed by atoms with E-state index in [1.807, 2.05) is 43.3 Å². The Morgan fingerprint density at radius 2 is 1.65 bits per heavy atom. The van der Waals surface area contributed by atoms with Crippen LogP contribution in [-0.4, -0.2) is 25.7 Å². The van der Waals surface area contributed by atoms with Crippen LogP contribution in [0.2, 0.25) is 0 Å². The summed E-state index contributed by atoms with van der Waals surface area (Å²) in [7, 11) is -2.19. The van der Waals surface area contributed by atoms with Gasteiger partial charge in [-0.2, -0.15) is 4.31 Å². The van der Waals surface area contributed by atoms with Crippen LogP contribution in [0.1, 0.15) is 28.6 Å². The Morgan fingerprint density at radius 1 is 0.941 bits per heavy atom. The van der Waals surface area contributed by atoms with Crippen LogP contribution >= 0.6 is 0 Å². The summed E-state index contributed by atoms with van der Waals surface area (Å²) in [4.78, 5) is 25.2. The lowest BCUT2D eigenvalue weighted by atomic mass is 10.1. The summed E-state index contributed by atoms with van der Waals surface area (Å²) in [6.07, 6.45) is 0.783. The molecule has 0 aliphatic rings. The third-order valence-electron chi connectivity index (χ3n) is 5.49. The normalized spacial score (nSPS) is 11.6. The van der Waals surface area contributed by atoms with Crippen LogP contribution in [0.15, 0.2) is 93.0 Å². The van der Waals surface area contributed by atoms with Gasteiger partial charge in [0.2, 0.25) is 10.0 Å². The number of hydrogen-bond donors (Lipinski definition) is 1. The van der Waals surface area contributed by atoms with E-state index in [9.17, 15) is 18.0 Å². The molecule has 34 heavy (non-hydrogen) atoms. The van der Waals surface area contributed by atoms with E-state index in [2.05, 4.69) is 5.32 Å². The highest BCUT2D eigenvalue weighted by Gasteiger charge is 2.21. The molecule has 4 aromatic rings. The Balaban J connectivity index is 1.50. The molecule has 1 N–H and O–H groups in total. The van der Waals surface area contributed by atoms with Crippen molar-refractivity contribution in [3.05, 3.63) is 106 Å². The lowest BCUT2D eigenvalue weighted by Gasteiger charge is -2.17. The summed E-state index contributed by atoms with van der Waals surface area (Å²) in [5, 5.41) is 3.06. The zero-order valence-corrected chi connectivity index (χ0v) is 19.6. The Bertz CT molecular complexity index is 1490. The van der Waals surface area contributed by atoms with Crippen molar-refractivity contribution < 1.29 is 17.6 Å². The largest absolute Gasteiger partial charge is 0.451 e. The molecule has 1 aromatic heterocycles. The number of rotatable bonds is 7. The van der Waals surface area contributed by atoms with Crippen molar-refractivity contribution >= 4 is 32.6 Å². The van der Waals surface area contributed by atoms with Crippen molar-refractivity contribution in [2.75, 3.05) is 12.4 Å². The summed E-state index contributed by atoms with van der Waals surface area (Å²) >= 11 is 0. The molecule has 0 spiro atoms. The van der Waals surface area contributed by atoms with Gasteiger partial charge in [-0.25, -0.2) is 8.42 Å². The second kappa shape index (κ2) is 9.62. The van der Waals surface area contributed by atoms with Crippen LogP contribution in [0, 0.1) is 0 Å². The molecule has 0 bridgehead atoms. The van der Waals surface area contributed by atoms with Gasteiger partial charge in [0, 0.05) is 25.3 Å². The first-order valence-electron chi connectivity index (χ1n) is 10.8. The minimum atomic E-state index is -3.71. The minimum Gasteiger partial charge on any atom is -0.451 e. The fraction of sp³-hybridized carbons (Fsp3) is 0.154. The van der Waals surface area contributed by atoms with Crippen molar-refractivity contribution in [3.8, 4) is 0 Å².